The first-order valence-corrected chi connectivity index (χ1v) is 7.65. The second-order valence-electron chi connectivity index (χ2n) is 6.21. The van der Waals surface area contributed by atoms with E-state index in [1.807, 2.05) is 17.9 Å². The van der Waals surface area contributed by atoms with Crippen molar-refractivity contribution in [3.8, 4) is 0 Å². The monoisotopic (exact) mass is 295 g/mol. The summed E-state index contributed by atoms with van der Waals surface area (Å²) in [6.07, 6.45) is 2.30. The fourth-order valence-electron chi connectivity index (χ4n) is 3.38. The number of amides is 1. The topological polar surface area (TPSA) is 49.6 Å². The van der Waals surface area contributed by atoms with E-state index in [1.54, 1.807) is 0 Å². The molecular formula is C15H22FN3O2. The summed E-state index contributed by atoms with van der Waals surface area (Å²) in [6, 6.07) is 2.24. The van der Waals surface area contributed by atoms with Crippen LogP contribution in [0.15, 0.2) is 10.6 Å². The van der Waals surface area contributed by atoms with Crippen molar-refractivity contribution in [3.05, 3.63) is 17.5 Å². The molecule has 1 aromatic rings. The fourth-order valence-corrected chi connectivity index (χ4v) is 3.38. The normalized spacial score (nSPS) is 25.0. The van der Waals surface area contributed by atoms with E-state index in [0.29, 0.717) is 13.0 Å². The van der Waals surface area contributed by atoms with Crippen LogP contribution in [0.5, 0.6) is 0 Å². The molecule has 6 heteroatoms. The van der Waals surface area contributed by atoms with Crippen molar-refractivity contribution in [3.63, 3.8) is 0 Å². The summed E-state index contributed by atoms with van der Waals surface area (Å²) in [5, 5.41) is 4.02. The lowest BCUT2D eigenvalue weighted by atomic mass is 10.0. The predicted octanol–water partition coefficient (Wildman–Crippen LogP) is 1.77. The van der Waals surface area contributed by atoms with Crippen LogP contribution in [0, 0.1) is 12.8 Å². The van der Waals surface area contributed by atoms with Crippen molar-refractivity contribution in [2.24, 2.45) is 5.92 Å². The maximum Gasteiger partial charge on any atom is 0.223 e. The van der Waals surface area contributed by atoms with Gasteiger partial charge in [-0.15, -0.1) is 0 Å². The van der Waals surface area contributed by atoms with Gasteiger partial charge in [-0.05, 0) is 19.8 Å². The molecule has 0 bridgehead atoms. The lowest BCUT2D eigenvalue weighted by molar-refractivity contribution is -0.130. The molecule has 2 aliphatic heterocycles. The van der Waals surface area contributed by atoms with Crippen molar-refractivity contribution < 1.29 is 13.7 Å². The Hall–Kier alpha value is -1.43. The van der Waals surface area contributed by atoms with E-state index in [9.17, 15) is 9.18 Å². The van der Waals surface area contributed by atoms with Gasteiger partial charge in [0, 0.05) is 50.6 Å². The van der Waals surface area contributed by atoms with Gasteiger partial charge < -0.3 is 9.42 Å². The Bertz CT molecular complexity index is 497. The molecule has 0 aromatic carbocycles. The quantitative estimate of drug-likeness (QED) is 0.849. The lowest BCUT2D eigenvalue weighted by Crippen LogP contribution is -2.45. The van der Waals surface area contributed by atoms with Crippen molar-refractivity contribution in [1.82, 2.24) is 15.0 Å². The van der Waals surface area contributed by atoms with Crippen LogP contribution >= 0.6 is 0 Å². The Balaban J connectivity index is 1.50. The Morgan fingerprint density at radius 1 is 1.43 bits per heavy atom. The van der Waals surface area contributed by atoms with Crippen LogP contribution in [0.3, 0.4) is 0 Å². The molecule has 1 unspecified atom stereocenters. The van der Waals surface area contributed by atoms with Gasteiger partial charge in [0.2, 0.25) is 5.91 Å². The second kappa shape index (κ2) is 6.13. The van der Waals surface area contributed by atoms with Gasteiger partial charge in [0.15, 0.2) is 0 Å². The van der Waals surface area contributed by atoms with Crippen molar-refractivity contribution in [2.75, 3.05) is 26.3 Å². The summed E-state index contributed by atoms with van der Waals surface area (Å²) in [7, 11) is 0. The molecule has 116 valence electrons. The van der Waals surface area contributed by atoms with Crippen LogP contribution in [0.4, 0.5) is 4.39 Å². The van der Waals surface area contributed by atoms with Crippen LogP contribution < -0.4 is 0 Å². The number of likely N-dealkylation sites (tertiary alicyclic amines) is 2. The van der Waals surface area contributed by atoms with E-state index in [1.165, 1.54) is 0 Å². The number of rotatable bonds is 4. The highest BCUT2D eigenvalue weighted by atomic mass is 19.1. The Morgan fingerprint density at radius 3 is 2.76 bits per heavy atom. The minimum atomic E-state index is -0.382. The molecule has 2 aliphatic rings. The Morgan fingerprint density at radius 2 is 2.19 bits per heavy atom. The van der Waals surface area contributed by atoms with Gasteiger partial charge >= 0.3 is 0 Å². The first-order valence-electron chi connectivity index (χ1n) is 7.65. The van der Waals surface area contributed by atoms with E-state index in [2.05, 4.69) is 10.1 Å². The number of halogens is 1. The molecule has 3 heterocycles. The Kier molecular flexibility index (Phi) is 4.24. The van der Waals surface area contributed by atoms with Gasteiger partial charge in [-0.1, -0.05) is 5.16 Å². The van der Waals surface area contributed by atoms with Gasteiger partial charge in [-0.3, -0.25) is 14.1 Å². The first kappa shape index (κ1) is 14.5. The number of alkyl halides is 1. The molecule has 1 aromatic heterocycles. The molecule has 1 amide bonds. The van der Waals surface area contributed by atoms with Gasteiger partial charge in [0.25, 0.3) is 0 Å². The molecule has 0 saturated carbocycles. The van der Waals surface area contributed by atoms with Crippen LogP contribution in [-0.2, 0) is 11.3 Å². The predicted molar refractivity (Wildman–Crippen MR) is 75.3 cm³/mol. The number of hydrogen-bond donors (Lipinski definition) is 0. The number of carbonyl (C=O) groups excluding carboxylic acids is 1. The van der Waals surface area contributed by atoms with Gasteiger partial charge in [0.1, 0.15) is 5.76 Å². The van der Waals surface area contributed by atoms with Crippen molar-refractivity contribution in [2.45, 2.75) is 38.8 Å². The number of aryl methyl sites for hydroxylation is 1. The molecule has 0 radical (unpaired) electrons. The van der Waals surface area contributed by atoms with Gasteiger partial charge in [-0.25, -0.2) is 0 Å². The van der Waals surface area contributed by atoms with Crippen LogP contribution in [0.1, 0.15) is 30.7 Å². The smallest absolute Gasteiger partial charge is 0.223 e. The molecular weight excluding hydrogens is 273 g/mol. The van der Waals surface area contributed by atoms with Crippen LogP contribution in [0.2, 0.25) is 0 Å². The molecule has 0 N–H and O–H groups in total. The van der Waals surface area contributed by atoms with E-state index in [0.717, 1.165) is 43.9 Å². The number of carbonyl (C=O) groups is 1. The molecule has 21 heavy (non-hydrogen) atoms. The summed E-state index contributed by atoms with van der Waals surface area (Å²) in [5.41, 5.74) is 0.959. The highest BCUT2D eigenvalue weighted by molar-refractivity contribution is 5.79. The average Bonchev–Trinajstić information content (AvgIpc) is 3.06. The second-order valence-corrected chi connectivity index (χ2v) is 6.21. The summed E-state index contributed by atoms with van der Waals surface area (Å²) in [5.74, 6) is 0.872. The summed E-state index contributed by atoms with van der Waals surface area (Å²) in [4.78, 5) is 16.2. The molecule has 0 spiro atoms. The summed E-state index contributed by atoms with van der Waals surface area (Å²) >= 11 is 0. The minimum Gasteiger partial charge on any atom is -0.361 e. The zero-order chi connectivity index (χ0) is 14.8. The van der Waals surface area contributed by atoms with E-state index in [-0.39, 0.29) is 24.5 Å². The zero-order valence-electron chi connectivity index (χ0n) is 12.4. The molecule has 0 aliphatic carbocycles. The lowest BCUT2D eigenvalue weighted by Gasteiger charge is -2.36. The summed E-state index contributed by atoms with van der Waals surface area (Å²) < 4.78 is 17.8. The number of hydrogen-bond acceptors (Lipinski definition) is 4. The third-order valence-corrected chi connectivity index (χ3v) is 4.52. The van der Waals surface area contributed by atoms with Crippen LogP contribution in [-0.4, -0.2) is 53.2 Å². The van der Waals surface area contributed by atoms with Gasteiger partial charge in [-0.2, -0.15) is 0 Å². The largest absolute Gasteiger partial charge is 0.361 e. The Labute approximate surface area is 124 Å². The molecule has 1 atom stereocenters. The summed E-state index contributed by atoms with van der Waals surface area (Å²) in [6.45, 7) is 4.80. The number of nitrogens with zero attached hydrogens (tertiary/aromatic N) is 3. The highest BCUT2D eigenvalue weighted by Crippen LogP contribution is 2.26. The van der Waals surface area contributed by atoms with E-state index < -0.39 is 0 Å². The van der Waals surface area contributed by atoms with Crippen molar-refractivity contribution >= 4 is 5.91 Å². The number of piperidine rings is 1. The zero-order valence-corrected chi connectivity index (χ0v) is 12.4. The van der Waals surface area contributed by atoms with Crippen LogP contribution in [0.25, 0.3) is 0 Å². The van der Waals surface area contributed by atoms with E-state index in [4.69, 9.17) is 4.52 Å². The van der Waals surface area contributed by atoms with Crippen molar-refractivity contribution in [1.29, 1.82) is 0 Å². The van der Waals surface area contributed by atoms with E-state index >= 15 is 0 Å². The average molecular weight is 295 g/mol. The highest BCUT2D eigenvalue weighted by Gasteiger charge is 2.35. The molecule has 2 fully saturated rings. The molecule has 2 saturated heterocycles. The third-order valence-electron chi connectivity index (χ3n) is 4.52. The molecule has 3 rings (SSSR count). The SMILES string of the molecule is Cc1cc(CN2CCC(N3CC(CF)CC3=O)CC2)no1. The maximum atomic E-state index is 12.7. The minimum absolute atomic E-state index is 0.0892. The van der Waals surface area contributed by atoms with Gasteiger partial charge in [0.05, 0.1) is 12.4 Å². The maximum absolute atomic E-state index is 12.7. The third kappa shape index (κ3) is 3.26. The fraction of sp³-hybridized carbons (Fsp3) is 0.733. The first-order chi connectivity index (χ1) is 10.2. The number of aromatic nitrogens is 1. The molecule has 5 nitrogen and oxygen atoms in total. The standard InChI is InChI=1S/C15H22FN3O2/c1-11-6-13(17-21-11)10-18-4-2-14(3-5-18)19-9-12(8-16)7-15(19)20/h6,12,14H,2-5,7-10H2,1H3.